The van der Waals surface area contributed by atoms with Crippen LogP contribution < -0.4 is 5.73 Å². The van der Waals surface area contributed by atoms with Gasteiger partial charge in [-0.05, 0) is 60.3 Å². The third kappa shape index (κ3) is 4.93. The van der Waals surface area contributed by atoms with Gasteiger partial charge < -0.3 is 10.8 Å². The van der Waals surface area contributed by atoms with E-state index in [4.69, 9.17) is 5.73 Å². The van der Waals surface area contributed by atoms with Crippen LogP contribution in [-0.2, 0) is 16.0 Å². The number of Topliss-reactive ketones (excluding diaryl/α,β-unsaturated/α-hetero) is 1. The fraction of sp³-hybridized carbons (Fsp3) is 0.276. The number of hydrogen-bond donors (Lipinski definition) is 2. The van der Waals surface area contributed by atoms with Crippen LogP contribution in [0.4, 0.5) is 0 Å². The molecule has 2 unspecified atom stereocenters. The molecule has 0 saturated heterocycles. The summed E-state index contributed by atoms with van der Waals surface area (Å²) in [4.78, 5) is 36.3. The van der Waals surface area contributed by atoms with Crippen LogP contribution in [0.2, 0.25) is 0 Å². The fourth-order valence-corrected chi connectivity index (χ4v) is 5.42. The monoisotopic (exact) mass is 455 g/mol. The third-order valence-electron chi connectivity index (χ3n) is 7.01. The number of primary amides is 1. The topological polar surface area (TPSA) is 97.5 Å². The van der Waals surface area contributed by atoms with Gasteiger partial charge in [-0.2, -0.15) is 0 Å². The fourth-order valence-electron chi connectivity index (χ4n) is 5.42. The Labute approximate surface area is 199 Å². The van der Waals surface area contributed by atoms with E-state index in [1.54, 1.807) is 12.1 Å². The molecule has 0 spiro atoms. The maximum absolute atomic E-state index is 12.7. The Kier molecular flexibility index (Phi) is 7.21. The van der Waals surface area contributed by atoms with Crippen molar-refractivity contribution >= 4 is 17.7 Å². The van der Waals surface area contributed by atoms with E-state index in [2.05, 4.69) is 24.3 Å². The van der Waals surface area contributed by atoms with Crippen LogP contribution in [0.5, 0.6) is 0 Å². The molecule has 0 aliphatic heterocycles. The van der Waals surface area contributed by atoms with Crippen LogP contribution in [-0.4, -0.2) is 22.8 Å². The first-order valence-corrected chi connectivity index (χ1v) is 11.8. The molecule has 1 aliphatic carbocycles. The molecule has 5 heteroatoms. The van der Waals surface area contributed by atoms with E-state index in [9.17, 15) is 19.5 Å². The molecule has 34 heavy (non-hydrogen) atoms. The Morgan fingerprint density at radius 1 is 0.853 bits per heavy atom. The first-order chi connectivity index (χ1) is 16.5. The molecule has 2 atom stereocenters. The number of rotatable bonds is 9. The van der Waals surface area contributed by atoms with Crippen LogP contribution in [0.1, 0.15) is 70.1 Å². The van der Waals surface area contributed by atoms with Crippen molar-refractivity contribution in [1.29, 1.82) is 0 Å². The number of hydrogen-bond acceptors (Lipinski definition) is 3. The van der Waals surface area contributed by atoms with Gasteiger partial charge in [0.2, 0.25) is 5.91 Å². The predicted octanol–water partition coefficient (Wildman–Crippen LogP) is 5.09. The maximum Gasteiger partial charge on any atom is 0.377 e. The average molecular weight is 456 g/mol. The van der Waals surface area contributed by atoms with E-state index in [1.807, 2.05) is 42.5 Å². The standard InChI is InChI=1S/C29H29NO4/c30-28(32)26(18-17-21(19-9-3-1-4-10-19)20-11-5-2-6-12-20)24-15-7-14-23-22(24)13-8-16-25(23)27(31)29(33)34/h1-6,8-13,16,21,24,26H,7,14-15,17-18H2,(H2,30,32)(H,33,34). The quantitative estimate of drug-likeness (QED) is 0.347. The Hall–Kier alpha value is -3.73. The van der Waals surface area contributed by atoms with Gasteiger partial charge in [-0.3, -0.25) is 9.59 Å². The van der Waals surface area contributed by atoms with E-state index in [0.717, 1.165) is 30.4 Å². The summed E-state index contributed by atoms with van der Waals surface area (Å²) in [6, 6.07) is 25.7. The van der Waals surface area contributed by atoms with Crippen molar-refractivity contribution in [3.63, 3.8) is 0 Å². The molecule has 0 fully saturated rings. The lowest BCUT2D eigenvalue weighted by Gasteiger charge is -2.32. The van der Waals surface area contributed by atoms with Crippen molar-refractivity contribution in [2.24, 2.45) is 11.7 Å². The molecule has 1 amide bonds. The molecule has 174 valence electrons. The molecular weight excluding hydrogens is 426 g/mol. The second-order valence-corrected chi connectivity index (χ2v) is 8.97. The number of carbonyl (C=O) groups is 3. The molecule has 0 radical (unpaired) electrons. The van der Waals surface area contributed by atoms with Gasteiger partial charge >= 0.3 is 5.97 Å². The van der Waals surface area contributed by atoms with Gasteiger partial charge in [0.25, 0.3) is 5.78 Å². The van der Waals surface area contributed by atoms with Gasteiger partial charge in [0, 0.05) is 17.4 Å². The molecule has 0 heterocycles. The Morgan fingerprint density at radius 3 is 2.03 bits per heavy atom. The molecule has 1 aliphatic rings. The van der Waals surface area contributed by atoms with Crippen molar-refractivity contribution in [2.45, 2.75) is 43.9 Å². The zero-order valence-electron chi connectivity index (χ0n) is 19.0. The van der Waals surface area contributed by atoms with Crippen LogP contribution in [0.25, 0.3) is 0 Å². The number of ketones is 1. The molecule has 5 nitrogen and oxygen atoms in total. The minimum Gasteiger partial charge on any atom is -0.475 e. The van der Waals surface area contributed by atoms with Crippen molar-refractivity contribution in [3.05, 3.63) is 107 Å². The summed E-state index contributed by atoms with van der Waals surface area (Å²) >= 11 is 0. The molecule has 3 N–H and O–H groups in total. The van der Waals surface area contributed by atoms with Crippen LogP contribution >= 0.6 is 0 Å². The van der Waals surface area contributed by atoms with Gasteiger partial charge in [0.1, 0.15) is 0 Å². The lowest BCUT2D eigenvalue weighted by molar-refractivity contribution is -0.131. The molecule has 3 aromatic carbocycles. The summed E-state index contributed by atoms with van der Waals surface area (Å²) in [6.45, 7) is 0. The summed E-state index contributed by atoms with van der Waals surface area (Å²) in [5.41, 5.74) is 10.2. The second kappa shape index (κ2) is 10.5. The van der Waals surface area contributed by atoms with Gasteiger partial charge in [0.05, 0.1) is 0 Å². The van der Waals surface area contributed by atoms with Crippen molar-refractivity contribution < 1.29 is 19.5 Å². The summed E-state index contributed by atoms with van der Waals surface area (Å²) in [7, 11) is 0. The molecule has 0 saturated carbocycles. The van der Waals surface area contributed by atoms with E-state index in [-0.39, 0.29) is 23.3 Å². The zero-order chi connectivity index (χ0) is 24.1. The number of carboxylic acid groups (broad SMARTS) is 1. The molecule has 0 bridgehead atoms. The van der Waals surface area contributed by atoms with Crippen LogP contribution in [0.15, 0.2) is 78.9 Å². The Morgan fingerprint density at radius 2 is 1.47 bits per heavy atom. The summed E-state index contributed by atoms with van der Waals surface area (Å²) in [5.74, 6) is -3.11. The number of carbonyl (C=O) groups excluding carboxylic acids is 2. The third-order valence-corrected chi connectivity index (χ3v) is 7.01. The Bertz CT molecular complexity index is 1130. The molecular formula is C29H29NO4. The number of nitrogens with two attached hydrogens (primary N) is 1. The highest BCUT2D eigenvalue weighted by molar-refractivity contribution is 6.40. The zero-order valence-corrected chi connectivity index (χ0v) is 19.0. The minimum atomic E-state index is -1.46. The SMILES string of the molecule is NC(=O)C(CCC(c1ccccc1)c1ccccc1)C1CCCc2c(C(=O)C(=O)O)cccc21. The van der Waals surface area contributed by atoms with Crippen molar-refractivity contribution in [2.75, 3.05) is 0 Å². The van der Waals surface area contributed by atoms with Gasteiger partial charge in [-0.15, -0.1) is 0 Å². The van der Waals surface area contributed by atoms with E-state index in [1.165, 1.54) is 11.1 Å². The number of fused-ring (bicyclic) bond motifs is 1. The molecule has 3 aromatic rings. The first-order valence-electron chi connectivity index (χ1n) is 11.8. The average Bonchev–Trinajstić information content (AvgIpc) is 2.86. The number of aliphatic carboxylic acids is 1. The summed E-state index contributed by atoms with van der Waals surface area (Å²) in [6.07, 6.45) is 3.55. The van der Waals surface area contributed by atoms with Gasteiger partial charge in [-0.1, -0.05) is 78.9 Å². The van der Waals surface area contributed by atoms with Crippen LogP contribution in [0.3, 0.4) is 0 Å². The van der Waals surface area contributed by atoms with E-state index >= 15 is 0 Å². The van der Waals surface area contributed by atoms with E-state index < -0.39 is 17.7 Å². The first kappa shape index (κ1) is 23.4. The largest absolute Gasteiger partial charge is 0.475 e. The highest BCUT2D eigenvalue weighted by Crippen LogP contribution is 2.42. The summed E-state index contributed by atoms with van der Waals surface area (Å²) < 4.78 is 0. The lowest BCUT2D eigenvalue weighted by atomic mass is 9.71. The predicted molar refractivity (Wildman–Crippen MR) is 131 cm³/mol. The van der Waals surface area contributed by atoms with Crippen molar-refractivity contribution in [3.8, 4) is 0 Å². The second-order valence-electron chi connectivity index (χ2n) is 8.97. The molecule has 4 rings (SSSR count). The highest BCUT2D eigenvalue weighted by Gasteiger charge is 2.34. The minimum absolute atomic E-state index is 0.130. The normalized spacial score (nSPS) is 16.0. The van der Waals surface area contributed by atoms with E-state index in [0.29, 0.717) is 12.8 Å². The van der Waals surface area contributed by atoms with Gasteiger partial charge in [-0.25, -0.2) is 4.79 Å². The molecule has 0 aromatic heterocycles. The smallest absolute Gasteiger partial charge is 0.377 e. The highest BCUT2D eigenvalue weighted by atomic mass is 16.4. The Balaban J connectivity index is 1.64. The number of amides is 1. The lowest BCUT2D eigenvalue weighted by Crippen LogP contribution is -2.32. The number of carboxylic acids is 1. The summed E-state index contributed by atoms with van der Waals surface area (Å²) in [5, 5.41) is 9.24. The number of benzene rings is 3. The van der Waals surface area contributed by atoms with Crippen molar-refractivity contribution in [1.82, 2.24) is 0 Å². The van der Waals surface area contributed by atoms with Crippen LogP contribution in [0, 0.1) is 5.92 Å². The maximum atomic E-state index is 12.7. The van der Waals surface area contributed by atoms with Gasteiger partial charge in [0.15, 0.2) is 0 Å².